The van der Waals surface area contributed by atoms with Crippen molar-refractivity contribution in [3.63, 3.8) is 0 Å². The molecule has 0 aliphatic heterocycles. The topological polar surface area (TPSA) is 18.5 Å². The molecule has 0 unspecified atom stereocenters. The summed E-state index contributed by atoms with van der Waals surface area (Å²) in [6, 6.07) is 7.89. The normalized spacial score (nSPS) is 12.9. The minimum absolute atomic E-state index is 0.407. The molecule has 0 fully saturated rings. The Morgan fingerprint density at radius 2 is 1.95 bits per heavy atom. The van der Waals surface area contributed by atoms with E-state index in [0.717, 1.165) is 11.3 Å². The molecule has 0 bridgehead atoms. The molecular formula is C17H22O2. The van der Waals surface area contributed by atoms with Gasteiger partial charge in [-0.2, -0.15) is 0 Å². The van der Waals surface area contributed by atoms with E-state index in [1.807, 2.05) is 48.6 Å². The second-order valence-corrected chi connectivity index (χ2v) is 4.27. The first-order valence-corrected chi connectivity index (χ1v) is 6.43. The molecule has 0 spiro atoms. The van der Waals surface area contributed by atoms with Crippen molar-refractivity contribution in [1.82, 2.24) is 0 Å². The highest BCUT2D eigenvalue weighted by molar-refractivity contribution is 5.26. The quantitative estimate of drug-likeness (QED) is 0.396. The van der Waals surface area contributed by atoms with E-state index in [1.54, 1.807) is 7.11 Å². The largest absolute Gasteiger partial charge is 0.497 e. The summed E-state index contributed by atoms with van der Waals surface area (Å²) in [4.78, 5) is 0. The Kier molecular flexibility index (Phi) is 7.37. The summed E-state index contributed by atoms with van der Waals surface area (Å²) in [5.74, 6) is 1.27. The van der Waals surface area contributed by atoms with Crippen LogP contribution in [0.1, 0.15) is 12.5 Å². The SMILES string of the molecule is C=C[C@H](C)/C=C/C=C/COCc1ccc(OC)cc1. The first-order valence-electron chi connectivity index (χ1n) is 6.43. The van der Waals surface area contributed by atoms with Gasteiger partial charge >= 0.3 is 0 Å². The minimum atomic E-state index is 0.407. The lowest BCUT2D eigenvalue weighted by molar-refractivity contribution is 0.148. The number of hydrogen-bond donors (Lipinski definition) is 0. The third-order valence-corrected chi connectivity index (χ3v) is 2.68. The molecule has 1 aromatic carbocycles. The van der Waals surface area contributed by atoms with Crippen LogP contribution in [0.2, 0.25) is 0 Å². The van der Waals surface area contributed by atoms with Gasteiger partial charge < -0.3 is 9.47 Å². The maximum Gasteiger partial charge on any atom is 0.118 e. The smallest absolute Gasteiger partial charge is 0.118 e. The van der Waals surface area contributed by atoms with Crippen LogP contribution in [0.15, 0.2) is 61.2 Å². The maximum atomic E-state index is 5.54. The number of methoxy groups -OCH3 is 1. The molecule has 102 valence electrons. The maximum absolute atomic E-state index is 5.54. The summed E-state index contributed by atoms with van der Waals surface area (Å²) in [6.07, 6.45) is 10.0. The zero-order valence-corrected chi connectivity index (χ0v) is 11.7. The average molecular weight is 258 g/mol. The highest BCUT2D eigenvalue weighted by Crippen LogP contribution is 2.11. The molecule has 0 saturated heterocycles. The van der Waals surface area contributed by atoms with Crippen LogP contribution in [0, 0.1) is 5.92 Å². The zero-order chi connectivity index (χ0) is 13.9. The van der Waals surface area contributed by atoms with Crippen LogP contribution in [-0.4, -0.2) is 13.7 Å². The van der Waals surface area contributed by atoms with Gasteiger partial charge in [-0.1, -0.05) is 49.4 Å². The fourth-order valence-corrected chi connectivity index (χ4v) is 1.42. The van der Waals surface area contributed by atoms with Crippen LogP contribution in [0.25, 0.3) is 0 Å². The Hall–Kier alpha value is -1.80. The fourth-order valence-electron chi connectivity index (χ4n) is 1.42. The van der Waals surface area contributed by atoms with E-state index >= 15 is 0 Å². The van der Waals surface area contributed by atoms with Crippen molar-refractivity contribution < 1.29 is 9.47 Å². The highest BCUT2D eigenvalue weighted by atomic mass is 16.5. The van der Waals surface area contributed by atoms with E-state index in [4.69, 9.17) is 9.47 Å². The number of benzene rings is 1. The van der Waals surface area contributed by atoms with Crippen LogP contribution < -0.4 is 4.74 Å². The number of rotatable bonds is 8. The summed E-state index contributed by atoms with van der Waals surface area (Å²) >= 11 is 0. The highest BCUT2D eigenvalue weighted by Gasteiger charge is 1.93. The first kappa shape index (κ1) is 15.3. The molecule has 0 radical (unpaired) electrons. The number of ether oxygens (including phenoxy) is 2. The van der Waals surface area contributed by atoms with Crippen molar-refractivity contribution in [3.8, 4) is 5.75 Å². The predicted octanol–water partition coefficient (Wildman–Crippen LogP) is 4.15. The van der Waals surface area contributed by atoms with Crippen molar-refractivity contribution in [3.05, 3.63) is 66.8 Å². The lowest BCUT2D eigenvalue weighted by atomic mass is 10.2. The van der Waals surface area contributed by atoms with E-state index in [-0.39, 0.29) is 0 Å². The summed E-state index contributed by atoms with van der Waals surface area (Å²) in [6.45, 7) is 7.04. The molecule has 0 N–H and O–H groups in total. The van der Waals surface area contributed by atoms with Gasteiger partial charge in [-0.15, -0.1) is 6.58 Å². The first-order chi connectivity index (χ1) is 9.26. The van der Waals surface area contributed by atoms with E-state index in [2.05, 4.69) is 19.6 Å². The van der Waals surface area contributed by atoms with Gasteiger partial charge in [0, 0.05) is 0 Å². The van der Waals surface area contributed by atoms with E-state index < -0.39 is 0 Å². The second kappa shape index (κ2) is 9.17. The van der Waals surface area contributed by atoms with Gasteiger partial charge in [0.05, 0.1) is 20.3 Å². The Bertz CT molecular complexity index is 415. The lowest BCUT2D eigenvalue weighted by Gasteiger charge is -2.03. The Morgan fingerprint density at radius 3 is 2.58 bits per heavy atom. The molecule has 1 aromatic rings. The second-order valence-electron chi connectivity index (χ2n) is 4.27. The average Bonchev–Trinajstić information content (AvgIpc) is 2.46. The van der Waals surface area contributed by atoms with Crippen LogP contribution in [-0.2, 0) is 11.3 Å². The Morgan fingerprint density at radius 1 is 1.21 bits per heavy atom. The van der Waals surface area contributed by atoms with Crippen LogP contribution in [0.5, 0.6) is 5.75 Å². The van der Waals surface area contributed by atoms with E-state index in [0.29, 0.717) is 19.1 Å². The third kappa shape index (κ3) is 6.63. The van der Waals surface area contributed by atoms with E-state index in [1.165, 1.54) is 0 Å². The van der Waals surface area contributed by atoms with Crippen LogP contribution in [0.4, 0.5) is 0 Å². The third-order valence-electron chi connectivity index (χ3n) is 2.68. The number of hydrogen-bond acceptors (Lipinski definition) is 2. The van der Waals surface area contributed by atoms with Gasteiger partial charge in [0.25, 0.3) is 0 Å². The summed E-state index contributed by atoms with van der Waals surface area (Å²) in [5, 5.41) is 0. The minimum Gasteiger partial charge on any atom is -0.497 e. The molecule has 1 rings (SSSR count). The molecule has 0 aliphatic rings. The number of allylic oxidation sites excluding steroid dienone is 4. The van der Waals surface area contributed by atoms with Crippen molar-refractivity contribution >= 4 is 0 Å². The van der Waals surface area contributed by atoms with Gasteiger partial charge in [0.1, 0.15) is 5.75 Å². The zero-order valence-electron chi connectivity index (χ0n) is 11.7. The Labute approximate surface area is 116 Å². The molecule has 2 nitrogen and oxygen atoms in total. The Balaban J connectivity index is 2.21. The fraction of sp³-hybridized carbons (Fsp3) is 0.294. The van der Waals surface area contributed by atoms with Gasteiger partial charge in [-0.05, 0) is 23.6 Å². The monoisotopic (exact) mass is 258 g/mol. The predicted molar refractivity (Wildman–Crippen MR) is 80.3 cm³/mol. The molecule has 2 heteroatoms. The molecule has 0 amide bonds. The molecule has 0 aliphatic carbocycles. The van der Waals surface area contributed by atoms with Gasteiger partial charge in [-0.25, -0.2) is 0 Å². The molecular weight excluding hydrogens is 236 g/mol. The van der Waals surface area contributed by atoms with Crippen LogP contribution in [0.3, 0.4) is 0 Å². The standard InChI is InChI=1S/C17H22O2/c1-4-15(2)8-6-5-7-13-19-14-16-9-11-17(18-3)12-10-16/h4-12,15H,1,13-14H2,2-3H3/b7-5+,8-6+/t15-/m0/s1. The van der Waals surface area contributed by atoms with Crippen molar-refractivity contribution in [1.29, 1.82) is 0 Å². The summed E-state index contributed by atoms with van der Waals surface area (Å²) < 4.78 is 10.6. The lowest BCUT2D eigenvalue weighted by Crippen LogP contribution is -1.92. The van der Waals surface area contributed by atoms with Gasteiger partial charge in [0.15, 0.2) is 0 Å². The molecule has 0 aromatic heterocycles. The molecule has 1 atom stereocenters. The van der Waals surface area contributed by atoms with Crippen molar-refractivity contribution in [2.75, 3.05) is 13.7 Å². The van der Waals surface area contributed by atoms with Crippen LogP contribution >= 0.6 is 0 Å². The molecule has 0 saturated carbocycles. The van der Waals surface area contributed by atoms with Crippen molar-refractivity contribution in [2.24, 2.45) is 5.92 Å². The summed E-state index contributed by atoms with van der Waals surface area (Å²) in [5.41, 5.74) is 1.14. The molecule has 0 heterocycles. The van der Waals surface area contributed by atoms with Gasteiger partial charge in [0.2, 0.25) is 0 Å². The summed E-state index contributed by atoms with van der Waals surface area (Å²) in [7, 11) is 1.66. The van der Waals surface area contributed by atoms with Gasteiger partial charge in [-0.3, -0.25) is 0 Å². The van der Waals surface area contributed by atoms with Crippen molar-refractivity contribution in [2.45, 2.75) is 13.5 Å². The van der Waals surface area contributed by atoms with E-state index in [9.17, 15) is 0 Å². The molecule has 19 heavy (non-hydrogen) atoms.